The molecule has 1 N–H and O–H groups in total. The van der Waals surface area contributed by atoms with Gasteiger partial charge in [0.05, 0.1) is 0 Å². The Balaban J connectivity index is 2.82. The zero-order valence-corrected chi connectivity index (χ0v) is 14.8. The lowest BCUT2D eigenvalue weighted by molar-refractivity contribution is 0.188. The van der Waals surface area contributed by atoms with Crippen molar-refractivity contribution >= 4 is 15.9 Å². The normalized spacial score (nSPS) is 15.6. The van der Waals surface area contributed by atoms with Crippen LogP contribution in [-0.4, -0.2) is 12.1 Å². The Morgan fingerprint density at radius 1 is 1.16 bits per heavy atom. The highest BCUT2D eigenvalue weighted by atomic mass is 79.9. The fourth-order valence-electron chi connectivity index (χ4n) is 2.05. The molecule has 0 aromatic heterocycles. The average Bonchev–Trinajstić information content (AvgIpc) is 2.25. The third kappa shape index (κ3) is 5.66. The van der Waals surface area contributed by atoms with E-state index in [0.29, 0.717) is 5.92 Å². The third-order valence-electron chi connectivity index (χ3n) is 3.91. The second kappa shape index (κ2) is 6.41. The van der Waals surface area contributed by atoms with Crippen molar-refractivity contribution in [2.24, 2.45) is 11.3 Å². The van der Waals surface area contributed by atoms with E-state index < -0.39 is 0 Å². The van der Waals surface area contributed by atoms with Gasteiger partial charge in [0, 0.05) is 16.6 Å². The summed E-state index contributed by atoms with van der Waals surface area (Å²) in [5, 5.41) is 3.67. The van der Waals surface area contributed by atoms with Crippen molar-refractivity contribution in [2.45, 2.75) is 53.5 Å². The Bertz CT molecular complexity index is 406. The Morgan fingerprint density at radius 3 is 2.26 bits per heavy atom. The number of benzene rings is 1. The molecule has 0 aliphatic rings. The van der Waals surface area contributed by atoms with Gasteiger partial charge in [-0.2, -0.15) is 0 Å². The van der Waals surface area contributed by atoms with Crippen LogP contribution in [-0.2, 0) is 6.42 Å². The quantitative estimate of drug-likeness (QED) is 0.799. The maximum atomic E-state index is 3.67. The molecule has 0 spiro atoms. The molecule has 0 aliphatic heterocycles. The van der Waals surface area contributed by atoms with Crippen molar-refractivity contribution < 1.29 is 0 Å². The minimum Gasteiger partial charge on any atom is -0.312 e. The maximum Gasteiger partial charge on any atom is 0.0177 e. The van der Waals surface area contributed by atoms with Gasteiger partial charge in [0.15, 0.2) is 0 Å². The highest BCUT2D eigenvalue weighted by Crippen LogP contribution is 2.32. The molecule has 2 heteroatoms. The van der Waals surface area contributed by atoms with Crippen LogP contribution in [0.15, 0.2) is 28.7 Å². The second-order valence-corrected chi connectivity index (χ2v) is 8.13. The Hall–Kier alpha value is -0.340. The first-order valence-corrected chi connectivity index (χ1v) is 7.91. The minimum atomic E-state index is 0.174. The van der Waals surface area contributed by atoms with Crippen LogP contribution >= 0.6 is 15.9 Å². The number of halogens is 1. The van der Waals surface area contributed by atoms with Crippen molar-refractivity contribution in [3.05, 3.63) is 34.3 Å². The molecule has 0 amide bonds. The Kier molecular flexibility index (Phi) is 5.64. The molecular formula is C17H28BrN. The van der Waals surface area contributed by atoms with Crippen LogP contribution in [0.25, 0.3) is 0 Å². The van der Waals surface area contributed by atoms with Gasteiger partial charge in [-0.25, -0.2) is 0 Å². The van der Waals surface area contributed by atoms with Crippen LogP contribution in [0.5, 0.6) is 0 Å². The van der Waals surface area contributed by atoms with Crippen molar-refractivity contribution in [3.63, 3.8) is 0 Å². The Labute approximate surface area is 127 Å². The summed E-state index contributed by atoms with van der Waals surface area (Å²) >= 11 is 3.56. The molecule has 1 rings (SSSR count). The summed E-state index contributed by atoms with van der Waals surface area (Å²) in [5.74, 6) is 0.640. The molecule has 1 aromatic rings. The molecule has 0 radical (unpaired) electrons. The lowest BCUT2D eigenvalue weighted by Gasteiger charge is -2.37. The van der Waals surface area contributed by atoms with Crippen LogP contribution in [0, 0.1) is 11.3 Å². The van der Waals surface area contributed by atoms with E-state index in [1.165, 1.54) is 10.0 Å². The van der Waals surface area contributed by atoms with Crippen LogP contribution in [0.3, 0.4) is 0 Å². The summed E-state index contributed by atoms with van der Waals surface area (Å²) in [6, 6.07) is 8.67. The molecule has 0 bridgehead atoms. The molecule has 0 aliphatic carbocycles. The molecule has 19 heavy (non-hydrogen) atoms. The molecule has 0 heterocycles. The summed E-state index contributed by atoms with van der Waals surface area (Å²) in [6.07, 6.45) is 1.10. The molecule has 0 fully saturated rings. The molecule has 108 valence electrons. The smallest absolute Gasteiger partial charge is 0.0177 e. The zero-order chi connectivity index (χ0) is 14.7. The molecular weight excluding hydrogens is 298 g/mol. The minimum absolute atomic E-state index is 0.174. The predicted octanol–water partition coefficient (Wildman–Crippen LogP) is 5.04. The van der Waals surface area contributed by atoms with Crippen molar-refractivity contribution in [1.82, 2.24) is 5.32 Å². The van der Waals surface area contributed by atoms with Gasteiger partial charge in [-0.15, -0.1) is 0 Å². The van der Waals surface area contributed by atoms with E-state index in [9.17, 15) is 0 Å². The predicted molar refractivity (Wildman–Crippen MR) is 88.5 cm³/mol. The molecule has 1 nitrogen and oxygen atoms in total. The van der Waals surface area contributed by atoms with Gasteiger partial charge in [0.2, 0.25) is 0 Å². The highest BCUT2D eigenvalue weighted by molar-refractivity contribution is 9.10. The van der Waals surface area contributed by atoms with Gasteiger partial charge in [-0.05, 0) is 56.2 Å². The van der Waals surface area contributed by atoms with E-state index >= 15 is 0 Å². The van der Waals surface area contributed by atoms with E-state index in [4.69, 9.17) is 0 Å². The standard InChI is InChI=1S/C17H28BrN/c1-13(2)17(6,12-19-16(3,4)5)11-14-8-7-9-15(18)10-14/h7-10,13,19H,11-12H2,1-6H3. The summed E-state index contributed by atoms with van der Waals surface area (Å²) in [7, 11) is 0. The van der Waals surface area contributed by atoms with Crippen molar-refractivity contribution in [2.75, 3.05) is 6.54 Å². The van der Waals surface area contributed by atoms with E-state index in [1.807, 2.05) is 0 Å². The number of rotatable bonds is 5. The number of hydrogen-bond acceptors (Lipinski definition) is 1. The second-order valence-electron chi connectivity index (χ2n) is 7.22. The van der Waals surface area contributed by atoms with Gasteiger partial charge in [0.25, 0.3) is 0 Å². The highest BCUT2D eigenvalue weighted by Gasteiger charge is 2.29. The first kappa shape index (κ1) is 16.7. The van der Waals surface area contributed by atoms with Crippen LogP contribution in [0.1, 0.15) is 47.1 Å². The van der Waals surface area contributed by atoms with Gasteiger partial charge in [-0.3, -0.25) is 0 Å². The van der Waals surface area contributed by atoms with Gasteiger partial charge < -0.3 is 5.32 Å². The average molecular weight is 326 g/mol. The maximum absolute atomic E-state index is 3.67. The summed E-state index contributed by atoms with van der Waals surface area (Å²) < 4.78 is 1.17. The van der Waals surface area contributed by atoms with Gasteiger partial charge in [-0.1, -0.05) is 48.8 Å². The third-order valence-corrected chi connectivity index (χ3v) is 4.41. The molecule has 1 aromatic carbocycles. The number of nitrogens with one attached hydrogen (secondary N) is 1. The monoisotopic (exact) mass is 325 g/mol. The van der Waals surface area contributed by atoms with Crippen molar-refractivity contribution in [1.29, 1.82) is 0 Å². The SMILES string of the molecule is CC(C)C(C)(CNC(C)(C)C)Cc1cccc(Br)c1. The van der Waals surface area contributed by atoms with E-state index in [0.717, 1.165) is 13.0 Å². The topological polar surface area (TPSA) is 12.0 Å². The largest absolute Gasteiger partial charge is 0.312 e. The van der Waals surface area contributed by atoms with E-state index in [1.54, 1.807) is 0 Å². The summed E-state index contributed by atoms with van der Waals surface area (Å²) in [4.78, 5) is 0. The molecule has 0 saturated carbocycles. The van der Waals surface area contributed by atoms with E-state index in [2.05, 4.69) is 87.1 Å². The molecule has 1 atom stereocenters. The summed E-state index contributed by atoms with van der Waals surface area (Å²) in [6.45, 7) is 14.8. The fraction of sp³-hybridized carbons (Fsp3) is 0.647. The first-order valence-electron chi connectivity index (χ1n) is 7.12. The fourth-order valence-corrected chi connectivity index (χ4v) is 2.50. The first-order chi connectivity index (χ1) is 8.62. The van der Waals surface area contributed by atoms with Crippen LogP contribution in [0.2, 0.25) is 0 Å². The van der Waals surface area contributed by atoms with Gasteiger partial charge >= 0.3 is 0 Å². The lowest BCUT2D eigenvalue weighted by Crippen LogP contribution is -2.45. The molecule has 0 saturated heterocycles. The number of hydrogen-bond donors (Lipinski definition) is 1. The van der Waals surface area contributed by atoms with Crippen LogP contribution < -0.4 is 5.32 Å². The van der Waals surface area contributed by atoms with Crippen LogP contribution in [0.4, 0.5) is 0 Å². The van der Waals surface area contributed by atoms with Crippen molar-refractivity contribution in [3.8, 4) is 0 Å². The summed E-state index contributed by atoms with van der Waals surface area (Å²) in [5.41, 5.74) is 1.85. The van der Waals surface area contributed by atoms with Gasteiger partial charge in [0.1, 0.15) is 0 Å². The Morgan fingerprint density at radius 2 is 1.79 bits per heavy atom. The lowest BCUT2D eigenvalue weighted by atomic mass is 9.74. The zero-order valence-electron chi connectivity index (χ0n) is 13.2. The molecule has 1 unspecified atom stereocenters. The van der Waals surface area contributed by atoms with E-state index in [-0.39, 0.29) is 11.0 Å².